The van der Waals surface area contributed by atoms with Crippen LogP contribution in [0.4, 0.5) is 0 Å². The molecular weight excluding hydrogens is 254 g/mol. The van der Waals surface area contributed by atoms with Crippen molar-refractivity contribution in [3.8, 4) is 11.8 Å². The van der Waals surface area contributed by atoms with Gasteiger partial charge in [0.05, 0.1) is 17.0 Å². The first kappa shape index (κ1) is 12.3. The van der Waals surface area contributed by atoms with Crippen LogP contribution in [0.25, 0.3) is 0 Å². The number of carbonyl (C=O) groups excluding carboxylic acids is 1. The van der Waals surface area contributed by atoms with Crippen LogP contribution in [0.1, 0.15) is 21.1 Å². The molecule has 92 valence electrons. The van der Waals surface area contributed by atoms with Gasteiger partial charge in [0.1, 0.15) is 6.61 Å². The van der Waals surface area contributed by atoms with E-state index in [-0.39, 0.29) is 19.1 Å². The topological polar surface area (TPSA) is 88.3 Å². The van der Waals surface area contributed by atoms with E-state index in [1.54, 1.807) is 11.4 Å². The van der Waals surface area contributed by atoms with Gasteiger partial charge in [-0.05, 0) is 6.07 Å². The summed E-state index contributed by atoms with van der Waals surface area (Å²) in [5, 5.41) is 16.5. The molecule has 0 aliphatic heterocycles. The van der Waals surface area contributed by atoms with E-state index < -0.39 is 0 Å². The van der Waals surface area contributed by atoms with Crippen LogP contribution >= 0.6 is 11.3 Å². The lowest BCUT2D eigenvalue weighted by molar-refractivity contribution is 0.0950. The molecule has 0 saturated carbocycles. The van der Waals surface area contributed by atoms with Crippen LogP contribution in [-0.4, -0.2) is 27.8 Å². The fraction of sp³-hybridized carbons (Fsp3) is 0.182. The summed E-state index contributed by atoms with van der Waals surface area (Å²) in [4.78, 5) is 16.3. The molecule has 0 atom stereocenters. The van der Waals surface area contributed by atoms with Gasteiger partial charge in [-0.3, -0.25) is 4.79 Å². The summed E-state index contributed by atoms with van der Waals surface area (Å²) in [5.74, 6) is 5.45. The van der Waals surface area contributed by atoms with Gasteiger partial charge in [-0.2, -0.15) is 4.98 Å². The normalized spacial score (nSPS) is 9.61. The van der Waals surface area contributed by atoms with E-state index in [1.165, 1.54) is 17.7 Å². The van der Waals surface area contributed by atoms with Crippen LogP contribution in [0.3, 0.4) is 0 Å². The molecular formula is C11H9N3O3S. The zero-order chi connectivity index (χ0) is 12.8. The Balaban J connectivity index is 1.94. The third kappa shape index (κ3) is 3.16. The first-order chi connectivity index (χ1) is 8.79. The molecule has 2 rings (SSSR count). The van der Waals surface area contributed by atoms with Gasteiger partial charge in [0.15, 0.2) is 5.82 Å². The summed E-state index contributed by atoms with van der Waals surface area (Å²) in [6, 6.07) is 1.67. The second kappa shape index (κ2) is 5.95. The number of carbonyl (C=O) groups is 1. The van der Waals surface area contributed by atoms with Crippen LogP contribution in [-0.2, 0) is 6.54 Å². The Morgan fingerprint density at radius 1 is 1.61 bits per heavy atom. The molecule has 0 aliphatic rings. The predicted molar refractivity (Wildman–Crippen MR) is 63.8 cm³/mol. The Hall–Kier alpha value is -2.17. The molecule has 0 bridgehead atoms. The quantitative estimate of drug-likeness (QED) is 0.783. The maximum absolute atomic E-state index is 11.7. The van der Waals surface area contributed by atoms with Gasteiger partial charge in [0.2, 0.25) is 6.39 Å². The average molecular weight is 263 g/mol. The minimum absolute atomic E-state index is 0.197. The number of nitrogens with zero attached hydrogens (tertiary/aromatic N) is 2. The Labute approximate surface area is 107 Å². The van der Waals surface area contributed by atoms with Crippen molar-refractivity contribution in [1.82, 2.24) is 15.5 Å². The molecule has 0 spiro atoms. The summed E-state index contributed by atoms with van der Waals surface area (Å²) in [6.45, 7) is 0.0140. The molecule has 0 saturated heterocycles. The minimum atomic E-state index is -0.229. The van der Waals surface area contributed by atoms with Crippen LogP contribution in [0, 0.1) is 11.8 Å². The number of hydrogen-bond donors (Lipinski definition) is 2. The van der Waals surface area contributed by atoms with E-state index in [0.717, 1.165) is 4.88 Å². The van der Waals surface area contributed by atoms with Gasteiger partial charge in [-0.15, -0.1) is 11.3 Å². The van der Waals surface area contributed by atoms with Crippen LogP contribution in [0.15, 0.2) is 22.4 Å². The summed E-state index contributed by atoms with van der Waals surface area (Å²) in [7, 11) is 0. The van der Waals surface area contributed by atoms with Crippen LogP contribution in [0.2, 0.25) is 0 Å². The lowest BCUT2D eigenvalue weighted by Gasteiger charge is -1.98. The van der Waals surface area contributed by atoms with E-state index in [9.17, 15) is 4.79 Å². The number of rotatable bonds is 3. The highest BCUT2D eigenvalue weighted by Gasteiger charge is 2.08. The standard InChI is InChI=1S/C11H9N3O3S/c15-3-1-2-9-4-8(6-18-9)11(16)12-5-10-13-7-17-14-10/h4,6-7,15H,3,5H2,(H,12,16). The molecule has 0 radical (unpaired) electrons. The van der Waals surface area contributed by atoms with Gasteiger partial charge in [-0.25, -0.2) is 0 Å². The molecule has 18 heavy (non-hydrogen) atoms. The Morgan fingerprint density at radius 3 is 3.22 bits per heavy atom. The molecule has 0 fully saturated rings. The fourth-order valence-corrected chi connectivity index (χ4v) is 1.93. The maximum Gasteiger partial charge on any atom is 0.252 e. The first-order valence-corrected chi connectivity index (χ1v) is 5.89. The molecule has 0 aromatic carbocycles. The number of thiophene rings is 1. The second-order valence-electron chi connectivity index (χ2n) is 3.19. The Kier molecular flexibility index (Phi) is 4.06. The number of amides is 1. The van der Waals surface area contributed by atoms with Gasteiger partial charge in [0, 0.05) is 5.38 Å². The van der Waals surface area contributed by atoms with E-state index in [1.807, 2.05) is 0 Å². The molecule has 2 N–H and O–H groups in total. The van der Waals surface area contributed by atoms with Crippen molar-refractivity contribution in [2.45, 2.75) is 6.54 Å². The highest BCUT2D eigenvalue weighted by Crippen LogP contribution is 2.13. The third-order valence-electron chi connectivity index (χ3n) is 1.97. The lowest BCUT2D eigenvalue weighted by Crippen LogP contribution is -2.22. The summed E-state index contributed by atoms with van der Waals surface area (Å²) >= 11 is 1.35. The Morgan fingerprint density at radius 2 is 2.50 bits per heavy atom. The lowest BCUT2D eigenvalue weighted by atomic mass is 10.3. The molecule has 0 unspecified atom stereocenters. The van der Waals surface area contributed by atoms with Gasteiger partial charge >= 0.3 is 0 Å². The average Bonchev–Trinajstić information content (AvgIpc) is 3.04. The zero-order valence-electron chi connectivity index (χ0n) is 9.21. The number of aliphatic hydroxyl groups is 1. The van der Waals surface area contributed by atoms with E-state index >= 15 is 0 Å². The van der Waals surface area contributed by atoms with Crippen molar-refractivity contribution in [3.05, 3.63) is 34.1 Å². The van der Waals surface area contributed by atoms with Gasteiger partial charge in [-0.1, -0.05) is 17.0 Å². The molecule has 2 heterocycles. The predicted octanol–water partition coefficient (Wildman–Crippen LogP) is 0.405. The van der Waals surface area contributed by atoms with Crippen LogP contribution < -0.4 is 5.32 Å². The molecule has 1 amide bonds. The highest BCUT2D eigenvalue weighted by atomic mass is 32.1. The minimum Gasteiger partial charge on any atom is -0.384 e. The number of aliphatic hydroxyl groups excluding tert-OH is 1. The smallest absolute Gasteiger partial charge is 0.252 e. The molecule has 2 aromatic heterocycles. The zero-order valence-corrected chi connectivity index (χ0v) is 10.0. The van der Waals surface area contributed by atoms with E-state index in [0.29, 0.717) is 11.4 Å². The molecule has 0 aliphatic carbocycles. The molecule has 2 aromatic rings. The van der Waals surface area contributed by atoms with Crippen molar-refractivity contribution in [1.29, 1.82) is 0 Å². The van der Waals surface area contributed by atoms with Crippen molar-refractivity contribution in [2.24, 2.45) is 0 Å². The van der Waals surface area contributed by atoms with E-state index in [4.69, 9.17) is 5.11 Å². The highest BCUT2D eigenvalue weighted by molar-refractivity contribution is 7.10. The van der Waals surface area contributed by atoms with Crippen molar-refractivity contribution < 1.29 is 14.4 Å². The van der Waals surface area contributed by atoms with Gasteiger partial charge in [0.25, 0.3) is 5.91 Å². The first-order valence-electron chi connectivity index (χ1n) is 5.01. The van der Waals surface area contributed by atoms with E-state index in [2.05, 4.69) is 31.8 Å². The van der Waals surface area contributed by atoms with Crippen LogP contribution in [0.5, 0.6) is 0 Å². The number of aromatic nitrogens is 2. The molecule has 7 heteroatoms. The summed E-state index contributed by atoms with van der Waals surface area (Å²) in [6.07, 6.45) is 1.20. The van der Waals surface area contributed by atoms with Crippen molar-refractivity contribution in [3.63, 3.8) is 0 Å². The Bertz CT molecular complexity index is 580. The monoisotopic (exact) mass is 263 g/mol. The molecule has 6 nitrogen and oxygen atoms in total. The number of nitrogens with one attached hydrogen (secondary N) is 1. The second-order valence-corrected chi connectivity index (χ2v) is 4.10. The number of hydrogen-bond acceptors (Lipinski definition) is 6. The summed E-state index contributed by atoms with van der Waals surface area (Å²) < 4.78 is 4.55. The third-order valence-corrected chi connectivity index (χ3v) is 2.81. The fourth-order valence-electron chi connectivity index (χ4n) is 1.18. The maximum atomic E-state index is 11.7. The van der Waals surface area contributed by atoms with Gasteiger partial charge < -0.3 is 14.9 Å². The van der Waals surface area contributed by atoms with Crippen molar-refractivity contribution >= 4 is 17.2 Å². The summed E-state index contributed by atoms with van der Waals surface area (Å²) in [5.41, 5.74) is 0.519. The largest absolute Gasteiger partial charge is 0.384 e. The van der Waals surface area contributed by atoms with Crippen molar-refractivity contribution in [2.75, 3.05) is 6.61 Å². The SMILES string of the molecule is O=C(NCc1ncon1)c1csc(C#CCO)c1.